The predicted molar refractivity (Wildman–Crippen MR) is 90.7 cm³/mol. The van der Waals surface area contributed by atoms with E-state index in [0.717, 1.165) is 18.4 Å². The van der Waals surface area contributed by atoms with E-state index in [2.05, 4.69) is 41.4 Å². The van der Waals surface area contributed by atoms with Gasteiger partial charge in [0.05, 0.1) is 0 Å². The summed E-state index contributed by atoms with van der Waals surface area (Å²) in [6, 6.07) is 9.21. The molecule has 2 aliphatic rings. The van der Waals surface area contributed by atoms with Gasteiger partial charge in [0.15, 0.2) is 0 Å². The summed E-state index contributed by atoms with van der Waals surface area (Å²) in [5, 5.41) is 3.66. The number of hydrogen-bond donors (Lipinski definition) is 1. The number of piperidine rings is 1. The monoisotopic (exact) mass is 286 g/mol. The standard InChI is InChI=1S/C19H30N2/c1-16-6-5-7-18(16)15-20-14-17-8-10-19(11-9-17)21-12-3-2-4-13-21/h8-11,16,18,20H,2-7,12-15H2,1H3. The summed E-state index contributed by atoms with van der Waals surface area (Å²) in [5.74, 6) is 1.82. The van der Waals surface area contributed by atoms with Crippen molar-refractivity contribution in [3.05, 3.63) is 29.8 Å². The molecule has 1 N–H and O–H groups in total. The fourth-order valence-corrected chi connectivity index (χ4v) is 3.90. The molecule has 2 unspecified atom stereocenters. The molecule has 1 aliphatic carbocycles. The van der Waals surface area contributed by atoms with Gasteiger partial charge >= 0.3 is 0 Å². The van der Waals surface area contributed by atoms with E-state index >= 15 is 0 Å². The molecule has 2 heteroatoms. The molecule has 21 heavy (non-hydrogen) atoms. The van der Waals surface area contributed by atoms with Gasteiger partial charge in [-0.1, -0.05) is 31.9 Å². The Morgan fingerprint density at radius 2 is 1.76 bits per heavy atom. The summed E-state index contributed by atoms with van der Waals surface area (Å²) in [6.07, 6.45) is 8.38. The number of nitrogens with zero attached hydrogens (tertiary/aromatic N) is 1. The van der Waals surface area contributed by atoms with Gasteiger partial charge in [-0.15, -0.1) is 0 Å². The molecule has 0 radical (unpaired) electrons. The van der Waals surface area contributed by atoms with Crippen LogP contribution >= 0.6 is 0 Å². The maximum absolute atomic E-state index is 3.66. The molecule has 0 bridgehead atoms. The molecule has 2 atom stereocenters. The molecular formula is C19H30N2. The van der Waals surface area contributed by atoms with Crippen LogP contribution in [-0.2, 0) is 6.54 Å². The third-order valence-corrected chi connectivity index (χ3v) is 5.43. The van der Waals surface area contributed by atoms with Crippen LogP contribution in [0.5, 0.6) is 0 Å². The summed E-state index contributed by atoms with van der Waals surface area (Å²) in [4.78, 5) is 2.53. The van der Waals surface area contributed by atoms with Gasteiger partial charge in [0.25, 0.3) is 0 Å². The zero-order valence-electron chi connectivity index (χ0n) is 13.5. The van der Waals surface area contributed by atoms with Gasteiger partial charge in [0, 0.05) is 25.3 Å². The van der Waals surface area contributed by atoms with Gasteiger partial charge in [-0.25, -0.2) is 0 Å². The molecule has 2 nitrogen and oxygen atoms in total. The molecule has 2 fully saturated rings. The number of nitrogens with one attached hydrogen (secondary N) is 1. The van der Waals surface area contributed by atoms with Crippen molar-refractivity contribution in [1.29, 1.82) is 0 Å². The Bertz CT molecular complexity index is 420. The van der Waals surface area contributed by atoms with Crippen LogP contribution < -0.4 is 10.2 Å². The lowest BCUT2D eigenvalue weighted by molar-refractivity contribution is 0.392. The average Bonchev–Trinajstić information content (AvgIpc) is 2.94. The van der Waals surface area contributed by atoms with E-state index in [0.29, 0.717) is 0 Å². The van der Waals surface area contributed by atoms with Gasteiger partial charge in [-0.2, -0.15) is 0 Å². The SMILES string of the molecule is CC1CCCC1CNCc1ccc(N2CCCCC2)cc1. The van der Waals surface area contributed by atoms with Crippen LogP contribution in [0.4, 0.5) is 5.69 Å². The first-order valence-corrected chi connectivity index (χ1v) is 8.87. The normalized spacial score (nSPS) is 26.2. The smallest absolute Gasteiger partial charge is 0.0366 e. The van der Waals surface area contributed by atoms with E-state index in [1.165, 1.54) is 69.4 Å². The minimum absolute atomic E-state index is 0.901. The van der Waals surface area contributed by atoms with Crippen LogP contribution in [0.1, 0.15) is 51.0 Å². The highest BCUT2D eigenvalue weighted by Gasteiger charge is 2.22. The van der Waals surface area contributed by atoms with Crippen molar-refractivity contribution in [3.63, 3.8) is 0 Å². The number of hydrogen-bond acceptors (Lipinski definition) is 2. The van der Waals surface area contributed by atoms with Crippen LogP contribution in [0, 0.1) is 11.8 Å². The van der Waals surface area contributed by atoms with Gasteiger partial charge < -0.3 is 10.2 Å². The van der Waals surface area contributed by atoms with E-state index in [1.807, 2.05) is 0 Å². The van der Waals surface area contributed by atoms with Gasteiger partial charge in [-0.05, 0) is 61.8 Å². The fraction of sp³-hybridized carbons (Fsp3) is 0.684. The largest absolute Gasteiger partial charge is 0.372 e. The highest BCUT2D eigenvalue weighted by molar-refractivity contribution is 5.47. The summed E-state index contributed by atoms with van der Waals surface area (Å²) >= 11 is 0. The topological polar surface area (TPSA) is 15.3 Å². The third kappa shape index (κ3) is 4.00. The van der Waals surface area contributed by atoms with Crippen molar-refractivity contribution in [2.24, 2.45) is 11.8 Å². The van der Waals surface area contributed by atoms with Crippen molar-refractivity contribution < 1.29 is 0 Å². The minimum atomic E-state index is 0.901. The van der Waals surface area contributed by atoms with Crippen molar-refractivity contribution in [1.82, 2.24) is 5.32 Å². The van der Waals surface area contributed by atoms with Gasteiger partial charge in [0.2, 0.25) is 0 Å². The number of rotatable bonds is 5. The fourth-order valence-electron chi connectivity index (χ4n) is 3.90. The van der Waals surface area contributed by atoms with Crippen molar-refractivity contribution in [2.45, 2.75) is 52.0 Å². The Morgan fingerprint density at radius 3 is 2.43 bits per heavy atom. The van der Waals surface area contributed by atoms with E-state index in [9.17, 15) is 0 Å². The molecule has 116 valence electrons. The van der Waals surface area contributed by atoms with Crippen LogP contribution in [0.15, 0.2) is 24.3 Å². The lowest BCUT2D eigenvalue weighted by Crippen LogP contribution is -2.29. The predicted octanol–water partition coefficient (Wildman–Crippen LogP) is 4.20. The Balaban J connectivity index is 1.45. The van der Waals surface area contributed by atoms with Gasteiger partial charge in [0.1, 0.15) is 0 Å². The summed E-state index contributed by atoms with van der Waals surface area (Å²) in [6.45, 7) is 7.08. The lowest BCUT2D eigenvalue weighted by Gasteiger charge is -2.28. The van der Waals surface area contributed by atoms with Crippen LogP contribution in [0.25, 0.3) is 0 Å². The molecule has 1 aromatic carbocycles. The molecular weight excluding hydrogens is 256 g/mol. The second kappa shape index (κ2) is 7.31. The van der Waals surface area contributed by atoms with E-state index < -0.39 is 0 Å². The summed E-state index contributed by atoms with van der Waals surface area (Å²) < 4.78 is 0. The summed E-state index contributed by atoms with van der Waals surface area (Å²) in [7, 11) is 0. The van der Waals surface area contributed by atoms with E-state index in [1.54, 1.807) is 0 Å². The molecule has 3 rings (SSSR count). The van der Waals surface area contributed by atoms with Crippen molar-refractivity contribution in [2.75, 3.05) is 24.5 Å². The zero-order chi connectivity index (χ0) is 14.5. The first-order valence-electron chi connectivity index (χ1n) is 8.87. The minimum Gasteiger partial charge on any atom is -0.372 e. The van der Waals surface area contributed by atoms with E-state index in [4.69, 9.17) is 0 Å². The van der Waals surface area contributed by atoms with Crippen LogP contribution in [0.2, 0.25) is 0 Å². The molecule has 1 aromatic rings. The lowest BCUT2D eigenvalue weighted by atomic mass is 9.98. The third-order valence-electron chi connectivity index (χ3n) is 5.43. The average molecular weight is 286 g/mol. The molecule has 0 spiro atoms. The first kappa shape index (κ1) is 14.9. The van der Waals surface area contributed by atoms with Crippen molar-refractivity contribution >= 4 is 5.69 Å². The van der Waals surface area contributed by atoms with Crippen molar-refractivity contribution in [3.8, 4) is 0 Å². The second-order valence-corrected chi connectivity index (χ2v) is 7.01. The maximum atomic E-state index is 3.66. The Hall–Kier alpha value is -1.02. The first-order chi connectivity index (χ1) is 10.3. The summed E-state index contributed by atoms with van der Waals surface area (Å²) in [5.41, 5.74) is 2.82. The molecule has 1 heterocycles. The molecule has 1 aliphatic heterocycles. The maximum Gasteiger partial charge on any atom is 0.0366 e. The molecule has 0 amide bonds. The quantitative estimate of drug-likeness (QED) is 0.872. The molecule has 0 aromatic heterocycles. The Kier molecular flexibility index (Phi) is 5.18. The highest BCUT2D eigenvalue weighted by Crippen LogP contribution is 2.30. The Labute approximate surface area is 129 Å². The zero-order valence-corrected chi connectivity index (χ0v) is 13.5. The Morgan fingerprint density at radius 1 is 1.00 bits per heavy atom. The highest BCUT2D eigenvalue weighted by atomic mass is 15.1. The second-order valence-electron chi connectivity index (χ2n) is 7.01. The molecule has 1 saturated carbocycles. The van der Waals surface area contributed by atoms with Crippen LogP contribution in [0.3, 0.4) is 0 Å². The molecule has 1 saturated heterocycles. The van der Waals surface area contributed by atoms with Gasteiger partial charge in [-0.3, -0.25) is 0 Å². The number of benzene rings is 1. The van der Waals surface area contributed by atoms with E-state index in [-0.39, 0.29) is 0 Å². The number of anilines is 1. The van der Waals surface area contributed by atoms with Crippen LogP contribution in [-0.4, -0.2) is 19.6 Å².